The van der Waals surface area contributed by atoms with E-state index < -0.39 is 5.60 Å². The van der Waals surface area contributed by atoms with Gasteiger partial charge in [-0.15, -0.1) is 0 Å². The highest BCUT2D eigenvalue weighted by Gasteiger charge is 2.68. The van der Waals surface area contributed by atoms with E-state index in [1.807, 2.05) is 24.3 Å². The van der Waals surface area contributed by atoms with Crippen LogP contribution in [0.15, 0.2) is 29.4 Å². The van der Waals surface area contributed by atoms with Gasteiger partial charge in [0.2, 0.25) is 0 Å². The van der Waals surface area contributed by atoms with Crippen molar-refractivity contribution in [3.8, 4) is 5.75 Å². The van der Waals surface area contributed by atoms with Gasteiger partial charge in [0.1, 0.15) is 5.75 Å². The van der Waals surface area contributed by atoms with Crippen molar-refractivity contribution in [1.29, 1.82) is 0 Å². The zero-order chi connectivity index (χ0) is 17.2. The minimum absolute atomic E-state index is 0.109. The first-order valence-electron chi connectivity index (χ1n) is 8.67. The van der Waals surface area contributed by atoms with Gasteiger partial charge in [-0.25, -0.2) is 0 Å². The molecule has 1 heterocycles. The summed E-state index contributed by atoms with van der Waals surface area (Å²) in [5, 5.41) is 15.8. The van der Waals surface area contributed by atoms with Crippen LogP contribution < -0.4 is 10.1 Å². The summed E-state index contributed by atoms with van der Waals surface area (Å²) in [7, 11) is 0. The summed E-state index contributed by atoms with van der Waals surface area (Å²) >= 11 is 0. The molecule has 1 aromatic rings. The first-order valence-corrected chi connectivity index (χ1v) is 8.67. The Morgan fingerprint density at radius 3 is 2.88 bits per heavy atom. The lowest BCUT2D eigenvalue weighted by atomic mass is 9.99. The third-order valence-corrected chi connectivity index (χ3v) is 5.02. The molecule has 1 aromatic carbocycles. The van der Waals surface area contributed by atoms with Gasteiger partial charge in [0.25, 0.3) is 5.91 Å². The number of ether oxygens (including phenoxy) is 1. The molecule has 2 atom stereocenters. The predicted molar refractivity (Wildman–Crippen MR) is 91.6 cm³/mol. The molecule has 0 radical (unpaired) electrons. The van der Waals surface area contributed by atoms with Gasteiger partial charge in [-0.1, -0.05) is 31.1 Å². The van der Waals surface area contributed by atoms with Crippen molar-refractivity contribution in [1.82, 2.24) is 10.2 Å². The van der Waals surface area contributed by atoms with Gasteiger partial charge in [0.05, 0.1) is 11.6 Å². The molecule has 130 valence electrons. The van der Waals surface area contributed by atoms with Gasteiger partial charge in [0.15, 0.2) is 5.60 Å². The third kappa shape index (κ3) is 2.86. The van der Waals surface area contributed by atoms with Crippen LogP contribution in [-0.4, -0.2) is 53.5 Å². The van der Waals surface area contributed by atoms with Crippen LogP contribution >= 0.6 is 0 Å². The standard InChI is InChI=1S/C18H25N3O3/c1-3-21(4-2)11-7-10-19-17(22)18-12-14(18)16(20-23)13-8-5-6-9-15(13)24-18/h5-6,8-9,14,23H,3-4,7,10-12H2,1-2H3,(H,19,22). The second-order valence-electron chi connectivity index (χ2n) is 6.37. The molecule has 1 amide bonds. The fourth-order valence-electron chi connectivity index (χ4n) is 3.44. The summed E-state index contributed by atoms with van der Waals surface area (Å²) in [6.45, 7) is 7.91. The largest absolute Gasteiger partial charge is 0.476 e. The van der Waals surface area contributed by atoms with Crippen molar-refractivity contribution in [3.63, 3.8) is 0 Å². The maximum Gasteiger partial charge on any atom is 0.264 e. The van der Waals surface area contributed by atoms with Gasteiger partial charge in [-0.3, -0.25) is 4.79 Å². The van der Waals surface area contributed by atoms with E-state index in [4.69, 9.17) is 4.74 Å². The lowest BCUT2D eigenvalue weighted by Gasteiger charge is -2.26. The maximum absolute atomic E-state index is 12.6. The van der Waals surface area contributed by atoms with Crippen molar-refractivity contribution in [2.75, 3.05) is 26.2 Å². The summed E-state index contributed by atoms with van der Waals surface area (Å²) in [4.78, 5) is 15.0. The van der Waals surface area contributed by atoms with E-state index in [-0.39, 0.29) is 11.8 Å². The molecule has 6 heteroatoms. The Kier molecular flexibility index (Phi) is 4.76. The van der Waals surface area contributed by atoms with Crippen molar-refractivity contribution in [2.45, 2.75) is 32.3 Å². The van der Waals surface area contributed by atoms with Crippen LogP contribution in [0, 0.1) is 5.92 Å². The topological polar surface area (TPSA) is 74.2 Å². The molecule has 1 aliphatic carbocycles. The minimum Gasteiger partial charge on any atom is -0.476 e. The zero-order valence-electron chi connectivity index (χ0n) is 14.3. The van der Waals surface area contributed by atoms with Crippen molar-refractivity contribution < 1.29 is 14.7 Å². The van der Waals surface area contributed by atoms with Crippen LogP contribution in [0.25, 0.3) is 0 Å². The fraction of sp³-hybridized carbons (Fsp3) is 0.556. The highest BCUT2D eigenvalue weighted by molar-refractivity contribution is 6.12. The number of fused-ring (bicyclic) bond motifs is 2. The third-order valence-electron chi connectivity index (χ3n) is 5.02. The fourth-order valence-corrected chi connectivity index (χ4v) is 3.44. The monoisotopic (exact) mass is 331 g/mol. The first-order chi connectivity index (χ1) is 11.7. The molecular weight excluding hydrogens is 306 g/mol. The highest BCUT2D eigenvalue weighted by Crippen LogP contribution is 2.54. The van der Waals surface area contributed by atoms with Crippen LogP contribution in [0.4, 0.5) is 0 Å². The second kappa shape index (κ2) is 6.81. The Morgan fingerprint density at radius 2 is 2.17 bits per heavy atom. The molecule has 3 rings (SSSR count). The number of nitrogens with zero attached hydrogens (tertiary/aromatic N) is 2. The number of amides is 1. The Balaban J connectivity index is 1.61. The van der Waals surface area contributed by atoms with E-state index in [1.165, 1.54) is 0 Å². The molecule has 0 saturated heterocycles. The average molecular weight is 331 g/mol. The lowest BCUT2D eigenvalue weighted by Crippen LogP contribution is -2.45. The van der Waals surface area contributed by atoms with Crippen LogP contribution in [0.1, 0.15) is 32.3 Å². The van der Waals surface area contributed by atoms with Gasteiger partial charge in [-0.05, 0) is 38.2 Å². The molecule has 2 aliphatic rings. The maximum atomic E-state index is 12.6. The average Bonchev–Trinajstić information content (AvgIpc) is 3.34. The van der Waals surface area contributed by atoms with E-state index in [1.54, 1.807) is 0 Å². The summed E-state index contributed by atoms with van der Waals surface area (Å²) in [6, 6.07) is 7.39. The lowest BCUT2D eigenvalue weighted by molar-refractivity contribution is -0.130. The van der Waals surface area contributed by atoms with Crippen LogP contribution in [0.3, 0.4) is 0 Å². The highest BCUT2D eigenvalue weighted by atomic mass is 16.5. The van der Waals surface area contributed by atoms with Gasteiger partial charge in [-0.2, -0.15) is 0 Å². The molecule has 2 N–H and O–H groups in total. The Morgan fingerprint density at radius 1 is 1.42 bits per heavy atom. The summed E-state index contributed by atoms with van der Waals surface area (Å²) < 4.78 is 5.99. The van der Waals surface area contributed by atoms with E-state index in [0.717, 1.165) is 31.6 Å². The number of para-hydroxylation sites is 1. The Hall–Kier alpha value is -2.08. The van der Waals surface area contributed by atoms with Gasteiger partial charge >= 0.3 is 0 Å². The number of benzene rings is 1. The van der Waals surface area contributed by atoms with Crippen LogP contribution in [0.2, 0.25) is 0 Å². The van der Waals surface area contributed by atoms with Crippen molar-refractivity contribution in [2.24, 2.45) is 11.1 Å². The molecule has 24 heavy (non-hydrogen) atoms. The Labute approximate surface area is 142 Å². The van der Waals surface area contributed by atoms with E-state index >= 15 is 0 Å². The molecule has 0 aromatic heterocycles. The minimum atomic E-state index is -0.898. The molecule has 0 spiro atoms. The smallest absolute Gasteiger partial charge is 0.264 e. The number of oxime groups is 1. The quantitative estimate of drug-likeness (QED) is 0.454. The number of carbonyl (C=O) groups is 1. The van der Waals surface area contributed by atoms with E-state index in [9.17, 15) is 10.0 Å². The number of rotatable bonds is 7. The van der Waals surface area contributed by atoms with Gasteiger partial charge in [0, 0.05) is 18.5 Å². The number of nitrogens with one attached hydrogen (secondary N) is 1. The molecule has 6 nitrogen and oxygen atoms in total. The summed E-state index contributed by atoms with van der Waals surface area (Å²) in [6.07, 6.45) is 1.47. The summed E-state index contributed by atoms with van der Waals surface area (Å²) in [5.74, 6) is 0.334. The number of hydrogen-bond donors (Lipinski definition) is 2. The number of carbonyl (C=O) groups excluding carboxylic acids is 1. The van der Waals surface area contributed by atoms with Crippen molar-refractivity contribution in [3.05, 3.63) is 29.8 Å². The number of hydrogen-bond acceptors (Lipinski definition) is 5. The summed E-state index contributed by atoms with van der Waals surface area (Å²) in [5.41, 5.74) is 0.424. The zero-order valence-corrected chi connectivity index (χ0v) is 14.3. The molecule has 1 saturated carbocycles. The van der Waals surface area contributed by atoms with E-state index in [0.29, 0.717) is 24.4 Å². The molecule has 1 fully saturated rings. The molecule has 0 bridgehead atoms. The predicted octanol–water partition coefficient (Wildman–Crippen LogP) is 1.86. The van der Waals surface area contributed by atoms with Crippen LogP contribution in [-0.2, 0) is 4.79 Å². The normalized spacial score (nSPS) is 25.8. The Bertz CT molecular complexity index is 642. The molecule has 2 unspecified atom stereocenters. The first kappa shape index (κ1) is 16.8. The SMILES string of the molecule is CCN(CC)CCCNC(=O)C12CC1C(=NO)c1ccccc1O2. The van der Waals surface area contributed by atoms with Gasteiger partial charge < -0.3 is 20.2 Å². The molecule has 1 aliphatic heterocycles. The van der Waals surface area contributed by atoms with Crippen molar-refractivity contribution >= 4 is 11.6 Å². The second-order valence-corrected chi connectivity index (χ2v) is 6.37. The molecular formula is C18H25N3O3. The van der Waals surface area contributed by atoms with E-state index in [2.05, 4.69) is 29.2 Å². The van der Waals surface area contributed by atoms with Crippen LogP contribution in [0.5, 0.6) is 5.75 Å².